The lowest BCUT2D eigenvalue weighted by atomic mass is 10.1. The van der Waals surface area contributed by atoms with Crippen molar-refractivity contribution in [2.45, 2.75) is 26.4 Å². The fourth-order valence-corrected chi connectivity index (χ4v) is 2.44. The Labute approximate surface area is 125 Å². The summed E-state index contributed by atoms with van der Waals surface area (Å²) in [4.78, 5) is 0. The SMILES string of the molecule is Cc1ccc([C@@H](C)NCc2ccc3c(c2)OCCO3)cc1. The highest BCUT2D eigenvalue weighted by atomic mass is 16.6. The predicted octanol–water partition coefficient (Wildman–Crippen LogP) is 3.62. The van der Waals surface area contributed by atoms with Crippen molar-refractivity contribution < 1.29 is 9.47 Å². The summed E-state index contributed by atoms with van der Waals surface area (Å²) in [6, 6.07) is 15.1. The molecule has 3 nitrogen and oxygen atoms in total. The maximum atomic E-state index is 5.62. The van der Waals surface area contributed by atoms with Crippen molar-refractivity contribution in [2.75, 3.05) is 13.2 Å². The first-order valence-electron chi connectivity index (χ1n) is 7.41. The van der Waals surface area contributed by atoms with Gasteiger partial charge in [0.1, 0.15) is 13.2 Å². The minimum atomic E-state index is 0.318. The second-order valence-corrected chi connectivity index (χ2v) is 5.49. The Hall–Kier alpha value is -2.00. The van der Waals surface area contributed by atoms with E-state index in [0.717, 1.165) is 18.0 Å². The topological polar surface area (TPSA) is 30.5 Å². The largest absolute Gasteiger partial charge is 0.486 e. The first-order valence-corrected chi connectivity index (χ1v) is 7.41. The maximum absolute atomic E-state index is 5.62. The fraction of sp³-hybridized carbons (Fsp3) is 0.333. The summed E-state index contributed by atoms with van der Waals surface area (Å²) in [5.41, 5.74) is 3.80. The highest BCUT2D eigenvalue weighted by Gasteiger charge is 2.12. The molecule has 0 fully saturated rings. The van der Waals surface area contributed by atoms with E-state index in [4.69, 9.17) is 9.47 Å². The molecule has 21 heavy (non-hydrogen) atoms. The summed E-state index contributed by atoms with van der Waals surface area (Å²) in [6.45, 7) is 6.37. The molecule has 1 heterocycles. The summed E-state index contributed by atoms with van der Waals surface area (Å²) in [7, 11) is 0. The van der Waals surface area contributed by atoms with E-state index in [1.54, 1.807) is 0 Å². The molecule has 2 aromatic rings. The number of benzene rings is 2. The van der Waals surface area contributed by atoms with Crippen molar-refractivity contribution in [3.63, 3.8) is 0 Å². The van der Waals surface area contributed by atoms with Gasteiger partial charge in [0.15, 0.2) is 11.5 Å². The average molecular weight is 283 g/mol. The number of ether oxygens (including phenoxy) is 2. The average Bonchev–Trinajstić information content (AvgIpc) is 2.53. The third-order valence-corrected chi connectivity index (χ3v) is 3.80. The van der Waals surface area contributed by atoms with Crippen LogP contribution in [0.15, 0.2) is 42.5 Å². The van der Waals surface area contributed by atoms with Gasteiger partial charge in [-0.05, 0) is 37.1 Å². The first kappa shape index (κ1) is 14.0. The van der Waals surface area contributed by atoms with E-state index < -0.39 is 0 Å². The van der Waals surface area contributed by atoms with Gasteiger partial charge in [-0.1, -0.05) is 35.9 Å². The minimum Gasteiger partial charge on any atom is -0.486 e. The van der Waals surface area contributed by atoms with E-state index in [1.165, 1.54) is 16.7 Å². The first-order chi connectivity index (χ1) is 10.2. The highest BCUT2D eigenvalue weighted by Crippen LogP contribution is 2.30. The second kappa shape index (κ2) is 6.19. The lowest BCUT2D eigenvalue weighted by molar-refractivity contribution is 0.171. The highest BCUT2D eigenvalue weighted by molar-refractivity contribution is 5.43. The van der Waals surface area contributed by atoms with Gasteiger partial charge in [0.25, 0.3) is 0 Å². The van der Waals surface area contributed by atoms with E-state index in [1.807, 2.05) is 6.07 Å². The smallest absolute Gasteiger partial charge is 0.161 e. The van der Waals surface area contributed by atoms with Crippen molar-refractivity contribution in [1.82, 2.24) is 5.32 Å². The summed E-state index contributed by atoms with van der Waals surface area (Å²) in [5.74, 6) is 1.69. The van der Waals surface area contributed by atoms with E-state index in [9.17, 15) is 0 Å². The summed E-state index contributed by atoms with van der Waals surface area (Å²) in [6.07, 6.45) is 0. The molecular weight excluding hydrogens is 262 g/mol. The van der Waals surface area contributed by atoms with E-state index in [-0.39, 0.29) is 0 Å². The minimum absolute atomic E-state index is 0.318. The third-order valence-electron chi connectivity index (χ3n) is 3.80. The number of nitrogens with one attached hydrogen (secondary N) is 1. The molecule has 2 aromatic carbocycles. The molecule has 0 unspecified atom stereocenters. The Kier molecular flexibility index (Phi) is 4.11. The molecule has 1 aliphatic heterocycles. The zero-order chi connectivity index (χ0) is 14.7. The Morgan fingerprint density at radius 2 is 1.71 bits per heavy atom. The van der Waals surface area contributed by atoms with Crippen molar-refractivity contribution >= 4 is 0 Å². The molecule has 1 atom stereocenters. The van der Waals surface area contributed by atoms with Gasteiger partial charge in [0.2, 0.25) is 0 Å². The van der Waals surface area contributed by atoms with Gasteiger partial charge in [-0.2, -0.15) is 0 Å². The summed E-state index contributed by atoms with van der Waals surface area (Å²) < 4.78 is 11.2. The van der Waals surface area contributed by atoms with Crippen molar-refractivity contribution in [3.05, 3.63) is 59.2 Å². The number of fused-ring (bicyclic) bond motifs is 1. The number of hydrogen-bond donors (Lipinski definition) is 1. The predicted molar refractivity (Wildman–Crippen MR) is 83.9 cm³/mol. The zero-order valence-corrected chi connectivity index (χ0v) is 12.6. The molecule has 0 radical (unpaired) electrons. The summed E-state index contributed by atoms with van der Waals surface area (Å²) in [5, 5.41) is 3.55. The monoisotopic (exact) mass is 283 g/mol. The summed E-state index contributed by atoms with van der Waals surface area (Å²) >= 11 is 0. The van der Waals surface area contributed by atoms with Crippen LogP contribution in [0.4, 0.5) is 0 Å². The molecular formula is C18H21NO2. The van der Waals surface area contributed by atoms with Crippen LogP contribution in [0.3, 0.4) is 0 Å². The van der Waals surface area contributed by atoms with Crippen LogP contribution in [0.5, 0.6) is 11.5 Å². The van der Waals surface area contributed by atoms with E-state index in [0.29, 0.717) is 19.3 Å². The fourth-order valence-electron chi connectivity index (χ4n) is 2.44. The lowest BCUT2D eigenvalue weighted by Crippen LogP contribution is -2.19. The maximum Gasteiger partial charge on any atom is 0.161 e. The quantitative estimate of drug-likeness (QED) is 0.929. The molecule has 0 aromatic heterocycles. The van der Waals surface area contributed by atoms with E-state index in [2.05, 4.69) is 55.6 Å². The van der Waals surface area contributed by atoms with Gasteiger partial charge in [-0.15, -0.1) is 0 Å². The zero-order valence-electron chi connectivity index (χ0n) is 12.6. The van der Waals surface area contributed by atoms with Crippen molar-refractivity contribution in [3.8, 4) is 11.5 Å². The molecule has 0 bridgehead atoms. The van der Waals surface area contributed by atoms with Crippen molar-refractivity contribution in [2.24, 2.45) is 0 Å². The lowest BCUT2D eigenvalue weighted by Gasteiger charge is -2.20. The standard InChI is InChI=1S/C18H21NO2/c1-13-3-6-16(7-4-13)14(2)19-12-15-5-8-17-18(11-15)21-10-9-20-17/h3-8,11,14,19H,9-10,12H2,1-2H3/t14-/m1/s1. The molecule has 110 valence electrons. The van der Waals surface area contributed by atoms with Gasteiger partial charge >= 0.3 is 0 Å². The van der Waals surface area contributed by atoms with Crippen LogP contribution in [0.25, 0.3) is 0 Å². The Morgan fingerprint density at radius 3 is 2.48 bits per heavy atom. The Morgan fingerprint density at radius 1 is 1.00 bits per heavy atom. The molecule has 0 saturated heterocycles. The van der Waals surface area contributed by atoms with Crippen LogP contribution >= 0.6 is 0 Å². The van der Waals surface area contributed by atoms with Crippen LogP contribution in [0, 0.1) is 6.92 Å². The molecule has 0 saturated carbocycles. The molecule has 1 aliphatic rings. The number of hydrogen-bond acceptors (Lipinski definition) is 3. The van der Waals surface area contributed by atoms with Crippen molar-refractivity contribution in [1.29, 1.82) is 0 Å². The number of rotatable bonds is 4. The van der Waals surface area contributed by atoms with Gasteiger partial charge in [0, 0.05) is 12.6 Å². The second-order valence-electron chi connectivity index (χ2n) is 5.49. The molecule has 3 heteroatoms. The van der Waals surface area contributed by atoms with E-state index >= 15 is 0 Å². The van der Waals surface area contributed by atoms with Crippen LogP contribution in [-0.4, -0.2) is 13.2 Å². The Bertz CT molecular complexity index is 607. The van der Waals surface area contributed by atoms with Crippen LogP contribution < -0.4 is 14.8 Å². The van der Waals surface area contributed by atoms with Gasteiger partial charge in [-0.25, -0.2) is 0 Å². The molecule has 0 spiro atoms. The van der Waals surface area contributed by atoms with Crippen LogP contribution in [-0.2, 0) is 6.54 Å². The molecule has 1 N–H and O–H groups in total. The van der Waals surface area contributed by atoms with Crippen LogP contribution in [0.2, 0.25) is 0 Å². The van der Waals surface area contributed by atoms with Gasteiger partial charge < -0.3 is 14.8 Å². The molecule has 0 aliphatic carbocycles. The third kappa shape index (κ3) is 3.37. The number of aryl methyl sites for hydroxylation is 1. The molecule has 3 rings (SSSR count). The van der Waals surface area contributed by atoms with Crippen LogP contribution in [0.1, 0.15) is 29.7 Å². The van der Waals surface area contributed by atoms with Gasteiger partial charge in [0.05, 0.1) is 0 Å². The Balaban J connectivity index is 1.63. The normalized spacial score (nSPS) is 14.8. The van der Waals surface area contributed by atoms with Gasteiger partial charge in [-0.3, -0.25) is 0 Å². The molecule has 0 amide bonds.